The summed E-state index contributed by atoms with van der Waals surface area (Å²) in [5.41, 5.74) is 0.945. The smallest absolute Gasteiger partial charge is 0.482 e. The Balaban J connectivity index is 0.989. The van der Waals surface area contributed by atoms with Crippen molar-refractivity contribution in [2.45, 2.75) is 81.1 Å². The molecule has 1 aliphatic heterocycles. The summed E-state index contributed by atoms with van der Waals surface area (Å²) in [6.07, 6.45) is -3.42. The molecule has 188 valence electrons. The summed E-state index contributed by atoms with van der Waals surface area (Å²) in [5.74, 6) is 0.432. The van der Waals surface area contributed by atoms with Gasteiger partial charge in [-0.1, -0.05) is 22.9 Å². The summed E-state index contributed by atoms with van der Waals surface area (Å²) in [6.45, 7) is 0. The van der Waals surface area contributed by atoms with Gasteiger partial charge in [0.25, 0.3) is 5.19 Å². The number of alkyl halides is 3. The summed E-state index contributed by atoms with van der Waals surface area (Å²) in [6, 6.07) is 5.01. The van der Waals surface area contributed by atoms with Crippen LogP contribution in [0.25, 0.3) is 0 Å². The van der Waals surface area contributed by atoms with E-state index in [0.29, 0.717) is 40.8 Å². The Kier molecular flexibility index (Phi) is 5.42. The van der Waals surface area contributed by atoms with Gasteiger partial charge in [-0.25, -0.2) is 4.98 Å². The first kappa shape index (κ1) is 23.5. The molecule has 11 heteroatoms. The van der Waals surface area contributed by atoms with E-state index in [4.69, 9.17) is 21.1 Å². The number of halogens is 4. The van der Waals surface area contributed by atoms with Crippen molar-refractivity contribution >= 4 is 28.7 Å². The number of thiazole rings is 1. The molecule has 0 unspecified atom stereocenters. The number of ketones is 1. The number of aromatic nitrogens is 1. The molecule has 1 aromatic heterocycles. The van der Waals surface area contributed by atoms with Crippen molar-refractivity contribution in [1.29, 1.82) is 0 Å². The minimum atomic E-state index is -4.60. The molecule has 0 spiro atoms. The summed E-state index contributed by atoms with van der Waals surface area (Å²) < 4.78 is 53.0. The molecule has 0 amide bonds. The van der Waals surface area contributed by atoms with Gasteiger partial charge in [0.1, 0.15) is 11.4 Å². The van der Waals surface area contributed by atoms with E-state index < -0.39 is 24.7 Å². The molecule has 2 heterocycles. The number of fused-ring (bicyclic) bond motifs is 1. The number of aliphatic hydroxyl groups is 1. The van der Waals surface area contributed by atoms with Gasteiger partial charge in [0.05, 0.1) is 17.9 Å². The molecule has 5 aliphatic rings. The van der Waals surface area contributed by atoms with Crippen LogP contribution in [0.1, 0.15) is 68.2 Å². The van der Waals surface area contributed by atoms with Crippen LogP contribution in [0.2, 0.25) is 5.02 Å². The lowest BCUT2D eigenvalue weighted by molar-refractivity contribution is -0.351. The fraction of sp³-hybridized carbons (Fsp3) is 0.583. The SMILES string of the molecule is O=C(CC12CC(Oc3nc(C4CC(OC(F)(F)F)C4)cs3)(C1)C2)[C@H]1C[C@@H](O)c2cc(Cl)ccc2O1. The van der Waals surface area contributed by atoms with Crippen molar-refractivity contribution < 1.29 is 37.3 Å². The van der Waals surface area contributed by atoms with Crippen molar-refractivity contribution in [3.63, 3.8) is 0 Å². The lowest BCUT2D eigenvalue weighted by Gasteiger charge is -2.69. The molecule has 6 nitrogen and oxygen atoms in total. The molecule has 2 bridgehead atoms. The minimum absolute atomic E-state index is 0.0184. The number of carbonyl (C=O) groups is 1. The third-order valence-electron chi connectivity index (χ3n) is 7.66. The quantitative estimate of drug-likeness (QED) is 0.494. The highest BCUT2D eigenvalue weighted by molar-refractivity contribution is 7.11. The maximum atomic E-state index is 13.0. The van der Waals surface area contributed by atoms with Crippen LogP contribution in [-0.2, 0) is 9.53 Å². The second-order valence-corrected chi connectivity index (χ2v) is 11.6. The van der Waals surface area contributed by atoms with Crippen LogP contribution in [-0.4, -0.2) is 40.0 Å². The third-order valence-corrected chi connectivity index (χ3v) is 8.63. The first-order valence-electron chi connectivity index (χ1n) is 11.6. The van der Waals surface area contributed by atoms with E-state index in [9.17, 15) is 23.1 Å². The Morgan fingerprint density at radius 2 is 2.00 bits per heavy atom. The monoisotopic (exact) mass is 529 g/mol. The largest absolute Gasteiger partial charge is 0.522 e. The zero-order chi connectivity index (χ0) is 24.6. The summed E-state index contributed by atoms with van der Waals surface area (Å²) >= 11 is 7.34. The van der Waals surface area contributed by atoms with Gasteiger partial charge in [0.15, 0.2) is 11.9 Å². The second kappa shape index (κ2) is 8.06. The van der Waals surface area contributed by atoms with Crippen molar-refractivity contribution in [1.82, 2.24) is 4.98 Å². The first-order valence-corrected chi connectivity index (χ1v) is 12.8. The van der Waals surface area contributed by atoms with Gasteiger partial charge in [-0.3, -0.25) is 9.53 Å². The number of hydrogen-bond acceptors (Lipinski definition) is 7. The third kappa shape index (κ3) is 4.43. The Labute approximate surface area is 208 Å². The number of rotatable bonds is 7. The van der Waals surface area contributed by atoms with Crippen LogP contribution >= 0.6 is 22.9 Å². The first-order chi connectivity index (χ1) is 16.5. The lowest BCUT2D eigenvalue weighted by atomic mass is 9.39. The molecular weight excluding hydrogens is 507 g/mol. The topological polar surface area (TPSA) is 77.9 Å². The highest BCUT2D eigenvalue weighted by Gasteiger charge is 2.70. The zero-order valence-electron chi connectivity index (χ0n) is 18.5. The fourth-order valence-corrected chi connectivity index (χ4v) is 7.10. The predicted octanol–water partition coefficient (Wildman–Crippen LogP) is 5.72. The van der Waals surface area contributed by atoms with Gasteiger partial charge in [-0.15, -0.1) is 13.2 Å². The van der Waals surface area contributed by atoms with E-state index in [1.807, 2.05) is 5.38 Å². The average Bonchev–Trinajstić information content (AvgIpc) is 3.15. The number of ether oxygens (including phenoxy) is 3. The van der Waals surface area contributed by atoms with Gasteiger partial charge < -0.3 is 14.6 Å². The van der Waals surface area contributed by atoms with Crippen LogP contribution in [0.3, 0.4) is 0 Å². The highest BCUT2D eigenvalue weighted by atomic mass is 35.5. The average molecular weight is 530 g/mol. The van der Waals surface area contributed by atoms with E-state index in [2.05, 4.69) is 9.72 Å². The normalized spacial score (nSPS) is 35.1. The standard InChI is InChI=1S/C24H23ClF3NO5S/c25-13-1-2-19-15(5-13)17(30)6-20(32-19)18(31)7-22-9-23(10-22,11-22)34-21-29-16(8-35-21)12-3-14(4-12)33-24(26,27)28/h1-2,5,8,12,14,17,20,30H,3-4,6-7,9-11H2/t12?,14?,17-,20-,22?,23?/m1/s1. The Hall–Kier alpha value is -1.88. The molecule has 1 N–H and O–H groups in total. The van der Waals surface area contributed by atoms with Gasteiger partial charge in [-0.2, -0.15) is 0 Å². The summed E-state index contributed by atoms with van der Waals surface area (Å²) in [5, 5.41) is 13.3. The number of carbonyl (C=O) groups excluding carboxylic acids is 1. The van der Waals surface area contributed by atoms with Crippen molar-refractivity contribution in [3.8, 4) is 10.9 Å². The van der Waals surface area contributed by atoms with E-state index in [1.165, 1.54) is 11.3 Å². The molecule has 2 atom stereocenters. The molecule has 2 aromatic rings. The van der Waals surface area contributed by atoms with Crippen molar-refractivity contribution in [2.75, 3.05) is 0 Å². The maximum Gasteiger partial charge on any atom is 0.522 e. The minimum Gasteiger partial charge on any atom is -0.482 e. The van der Waals surface area contributed by atoms with E-state index in [1.54, 1.807) is 18.2 Å². The van der Waals surface area contributed by atoms with E-state index in [-0.39, 0.29) is 29.1 Å². The maximum absolute atomic E-state index is 13.0. The van der Waals surface area contributed by atoms with Crippen LogP contribution in [0.15, 0.2) is 23.6 Å². The van der Waals surface area contributed by atoms with Crippen molar-refractivity contribution in [2.24, 2.45) is 5.41 Å². The lowest BCUT2D eigenvalue weighted by Crippen LogP contribution is -2.70. The Morgan fingerprint density at radius 3 is 2.71 bits per heavy atom. The number of aliphatic hydroxyl groups excluding tert-OH is 1. The van der Waals surface area contributed by atoms with E-state index >= 15 is 0 Å². The van der Waals surface area contributed by atoms with Crippen LogP contribution in [0.5, 0.6) is 10.9 Å². The number of nitrogens with zero attached hydrogens (tertiary/aromatic N) is 1. The zero-order valence-corrected chi connectivity index (χ0v) is 20.1. The fourth-order valence-electron chi connectivity index (χ4n) is 6.07. The number of Topliss-reactive ketones (excluding diaryl/α,β-unsaturated/α-hetero) is 1. The summed E-state index contributed by atoms with van der Waals surface area (Å²) in [4.78, 5) is 17.4. The second-order valence-electron chi connectivity index (χ2n) is 10.4. The molecule has 7 rings (SSSR count). The molecular formula is C24H23ClF3NO5S. The highest BCUT2D eigenvalue weighted by Crippen LogP contribution is 2.70. The van der Waals surface area contributed by atoms with Gasteiger partial charge in [0, 0.05) is 34.7 Å². The molecule has 4 aliphatic carbocycles. The number of hydrogen-bond donors (Lipinski definition) is 1. The molecule has 4 saturated carbocycles. The number of benzene rings is 1. The summed E-state index contributed by atoms with van der Waals surface area (Å²) in [7, 11) is 0. The van der Waals surface area contributed by atoms with Crippen molar-refractivity contribution in [3.05, 3.63) is 39.9 Å². The van der Waals surface area contributed by atoms with Gasteiger partial charge >= 0.3 is 6.36 Å². The van der Waals surface area contributed by atoms with Crippen LogP contribution in [0, 0.1) is 5.41 Å². The van der Waals surface area contributed by atoms with Crippen LogP contribution < -0.4 is 9.47 Å². The van der Waals surface area contributed by atoms with E-state index in [0.717, 1.165) is 25.0 Å². The molecule has 1 aromatic carbocycles. The Bertz CT molecular complexity index is 1140. The molecule has 0 radical (unpaired) electrons. The predicted molar refractivity (Wildman–Crippen MR) is 120 cm³/mol. The Morgan fingerprint density at radius 1 is 1.26 bits per heavy atom. The molecule has 35 heavy (non-hydrogen) atoms. The molecule has 0 saturated heterocycles. The van der Waals surface area contributed by atoms with Gasteiger partial charge in [0.2, 0.25) is 0 Å². The van der Waals surface area contributed by atoms with Gasteiger partial charge in [-0.05, 0) is 55.7 Å². The molecule has 4 fully saturated rings. The van der Waals surface area contributed by atoms with Crippen LogP contribution in [0.4, 0.5) is 13.2 Å².